The predicted molar refractivity (Wildman–Crippen MR) is 77.2 cm³/mol. The van der Waals surface area contributed by atoms with Crippen molar-refractivity contribution in [1.29, 1.82) is 0 Å². The van der Waals surface area contributed by atoms with Gasteiger partial charge < -0.3 is 26.6 Å². The fourth-order valence-electron chi connectivity index (χ4n) is 1.86. The van der Waals surface area contributed by atoms with Crippen LogP contribution in [-0.2, 0) is 4.79 Å². The molecule has 0 fully saturated rings. The molecule has 6 N–H and O–H groups in total. The van der Waals surface area contributed by atoms with Crippen LogP contribution >= 0.6 is 0 Å². The zero-order valence-corrected chi connectivity index (χ0v) is 11.9. The minimum absolute atomic E-state index is 0.337. The second kappa shape index (κ2) is 7.61. The Hall–Kier alpha value is -2.12. The van der Waals surface area contributed by atoms with Gasteiger partial charge in [-0.3, -0.25) is 4.79 Å². The van der Waals surface area contributed by atoms with Crippen molar-refractivity contribution >= 4 is 11.9 Å². The van der Waals surface area contributed by atoms with Crippen LogP contribution in [0.2, 0.25) is 0 Å². The van der Waals surface area contributed by atoms with Gasteiger partial charge in [-0.2, -0.15) is 0 Å². The lowest BCUT2D eigenvalue weighted by Crippen LogP contribution is -2.57. The van der Waals surface area contributed by atoms with Gasteiger partial charge in [0.1, 0.15) is 6.04 Å². The van der Waals surface area contributed by atoms with Gasteiger partial charge in [0.2, 0.25) is 5.91 Å². The smallest absolute Gasteiger partial charge is 0.313 e. The Balaban J connectivity index is 2.98. The summed E-state index contributed by atoms with van der Waals surface area (Å²) in [6, 6.07) is 6.74. The first-order valence-electron chi connectivity index (χ1n) is 6.62. The number of nitrogens with two attached hydrogens (primary N) is 1. The fourth-order valence-corrected chi connectivity index (χ4v) is 1.86. The average molecular weight is 295 g/mol. The van der Waals surface area contributed by atoms with Gasteiger partial charge in [-0.05, 0) is 12.0 Å². The number of nitrogens with one attached hydrogen (secondary N) is 2. The number of primary amides is 1. The lowest BCUT2D eigenvalue weighted by atomic mass is 9.96. The molecule has 0 spiro atoms. The van der Waals surface area contributed by atoms with Gasteiger partial charge in [-0.25, -0.2) is 4.79 Å². The number of carbonyl (C=O) groups is 2. The first kappa shape index (κ1) is 16.9. The maximum Gasteiger partial charge on any atom is 0.313 e. The minimum Gasteiger partial charge on any atom is -0.394 e. The SMILES string of the molecule is CCC(CO)(CO)NC(=O)C(NC(N)=O)c1ccccc1. The van der Waals surface area contributed by atoms with E-state index >= 15 is 0 Å². The molecule has 1 rings (SSSR count). The van der Waals surface area contributed by atoms with E-state index in [0.717, 1.165) is 0 Å². The zero-order valence-electron chi connectivity index (χ0n) is 11.9. The van der Waals surface area contributed by atoms with Crippen molar-refractivity contribution in [3.63, 3.8) is 0 Å². The maximum atomic E-state index is 12.4. The van der Waals surface area contributed by atoms with Gasteiger partial charge in [0.15, 0.2) is 0 Å². The molecule has 116 valence electrons. The lowest BCUT2D eigenvalue weighted by molar-refractivity contribution is -0.126. The van der Waals surface area contributed by atoms with Crippen molar-refractivity contribution in [2.24, 2.45) is 5.73 Å². The van der Waals surface area contributed by atoms with Crippen molar-refractivity contribution in [2.75, 3.05) is 13.2 Å². The minimum atomic E-state index is -1.14. The summed E-state index contributed by atoms with van der Waals surface area (Å²) in [6.07, 6.45) is 0.337. The van der Waals surface area contributed by atoms with E-state index in [1.807, 2.05) is 0 Å². The summed E-state index contributed by atoms with van der Waals surface area (Å²) in [5, 5.41) is 23.7. The molecule has 0 radical (unpaired) electrons. The average Bonchev–Trinajstić information content (AvgIpc) is 2.51. The largest absolute Gasteiger partial charge is 0.394 e. The van der Waals surface area contributed by atoms with Crippen LogP contribution in [0.5, 0.6) is 0 Å². The monoisotopic (exact) mass is 295 g/mol. The second-order valence-corrected chi connectivity index (χ2v) is 4.79. The summed E-state index contributed by atoms with van der Waals surface area (Å²) >= 11 is 0. The van der Waals surface area contributed by atoms with Crippen molar-refractivity contribution in [2.45, 2.75) is 24.9 Å². The number of aliphatic hydroxyl groups is 2. The molecule has 0 aromatic heterocycles. The van der Waals surface area contributed by atoms with E-state index in [1.54, 1.807) is 37.3 Å². The Morgan fingerprint density at radius 3 is 2.24 bits per heavy atom. The fraction of sp³-hybridized carbons (Fsp3) is 0.429. The number of urea groups is 1. The molecule has 0 aliphatic carbocycles. The highest BCUT2D eigenvalue weighted by atomic mass is 16.3. The van der Waals surface area contributed by atoms with E-state index in [-0.39, 0.29) is 0 Å². The highest BCUT2D eigenvalue weighted by Gasteiger charge is 2.32. The number of rotatable bonds is 7. The van der Waals surface area contributed by atoms with E-state index in [9.17, 15) is 19.8 Å². The third kappa shape index (κ3) is 4.44. The summed E-state index contributed by atoms with van der Waals surface area (Å²) in [4.78, 5) is 23.5. The summed E-state index contributed by atoms with van der Waals surface area (Å²) < 4.78 is 0. The highest BCUT2D eigenvalue weighted by Crippen LogP contribution is 2.16. The molecule has 0 bridgehead atoms. The van der Waals surface area contributed by atoms with Gasteiger partial charge in [-0.15, -0.1) is 0 Å². The molecule has 7 nitrogen and oxygen atoms in total. The number of aliphatic hydroxyl groups excluding tert-OH is 2. The van der Waals surface area contributed by atoms with Crippen molar-refractivity contribution in [3.8, 4) is 0 Å². The molecule has 3 amide bonds. The summed E-state index contributed by atoms with van der Waals surface area (Å²) in [5.41, 5.74) is 4.52. The van der Waals surface area contributed by atoms with E-state index in [2.05, 4.69) is 10.6 Å². The first-order chi connectivity index (χ1) is 9.98. The van der Waals surface area contributed by atoms with Crippen LogP contribution in [0, 0.1) is 0 Å². The first-order valence-corrected chi connectivity index (χ1v) is 6.62. The van der Waals surface area contributed by atoms with Crippen LogP contribution in [0.3, 0.4) is 0 Å². The molecular formula is C14H21N3O4. The third-order valence-electron chi connectivity index (χ3n) is 3.35. The molecule has 1 aromatic carbocycles. The quantitative estimate of drug-likeness (QED) is 0.471. The Labute approximate surface area is 123 Å². The van der Waals surface area contributed by atoms with E-state index in [1.165, 1.54) is 0 Å². The number of carbonyl (C=O) groups excluding carboxylic acids is 2. The van der Waals surface area contributed by atoms with Gasteiger partial charge in [0.05, 0.1) is 18.8 Å². The molecule has 0 aliphatic heterocycles. The van der Waals surface area contributed by atoms with Crippen LogP contribution in [-0.4, -0.2) is 40.9 Å². The highest BCUT2D eigenvalue weighted by molar-refractivity contribution is 5.88. The second-order valence-electron chi connectivity index (χ2n) is 4.79. The van der Waals surface area contributed by atoms with Crippen molar-refractivity contribution < 1.29 is 19.8 Å². The van der Waals surface area contributed by atoms with Crippen molar-refractivity contribution in [1.82, 2.24) is 10.6 Å². The molecule has 1 atom stereocenters. The molecular weight excluding hydrogens is 274 g/mol. The van der Waals surface area contributed by atoms with Crippen LogP contribution in [0.4, 0.5) is 4.79 Å². The van der Waals surface area contributed by atoms with Crippen LogP contribution in [0.15, 0.2) is 30.3 Å². The number of hydrogen-bond acceptors (Lipinski definition) is 4. The Morgan fingerprint density at radius 1 is 1.24 bits per heavy atom. The maximum absolute atomic E-state index is 12.4. The van der Waals surface area contributed by atoms with Crippen LogP contribution in [0.25, 0.3) is 0 Å². The van der Waals surface area contributed by atoms with Crippen molar-refractivity contribution in [3.05, 3.63) is 35.9 Å². The summed E-state index contributed by atoms with van der Waals surface area (Å²) in [6.45, 7) is 0.902. The standard InChI is InChI=1S/C14H21N3O4/c1-2-14(8-18,9-19)17-12(20)11(16-13(15)21)10-6-4-3-5-7-10/h3-7,11,18-19H,2,8-9H2,1H3,(H,17,20)(H3,15,16,21). The van der Waals surface area contributed by atoms with E-state index in [4.69, 9.17) is 5.73 Å². The molecule has 1 aromatic rings. The number of benzene rings is 1. The lowest BCUT2D eigenvalue weighted by Gasteiger charge is -2.31. The Morgan fingerprint density at radius 2 is 1.81 bits per heavy atom. The Kier molecular flexibility index (Phi) is 6.13. The molecule has 0 heterocycles. The molecule has 0 saturated heterocycles. The van der Waals surface area contributed by atoms with Gasteiger partial charge >= 0.3 is 6.03 Å². The summed E-state index contributed by atoms with van der Waals surface area (Å²) in [7, 11) is 0. The third-order valence-corrected chi connectivity index (χ3v) is 3.35. The molecule has 7 heteroatoms. The normalized spacial score (nSPS) is 12.5. The van der Waals surface area contributed by atoms with Crippen LogP contribution < -0.4 is 16.4 Å². The number of amides is 3. The van der Waals surface area contributed by atoms with Gasteiger partial charge in [0.25, 0.3) is 0 Å². The predicted octanol–water partition coefficient (Wildman–Crippen LogP) is -0.354. The number of hydrogen-bond donors (Lipinski definition) is 5. The van der Waals surface area contributed by atoms with E-state index < -0.39 is 36.7 Å². The Bertz CT molecular complexity index is 466. The van der Waals surface area contributed by atoms with Gasteiger partial charge in [0, 0.05) is 0 Å². The summed E-state index contributed by atoms with van der Waals surface area (Å²) in [5.74, 6) is -0.551. The molecule has 0 aliphatic rings. The molecule has 21 heavy (non-hydrogen) atoms. The molecule has 1 unspecified atom stereocenters. The van der Waals surface area contributed by atoms with Crippen LogP contribution in [0.1, 0.15) is 24.9 Å². The van der Waals surface area contributed by atoms with Gasteiger partial charge in [-0.1, -0.05) is 37.3 Å². The van der Waals surface area contributed by atoms with E-state index in [0.29, 0.717) is 12.0 Å². The molecule has 0 saturated carbocycles. The zero-order chi connectivity index (χ0) is 15.9. The topological polar surface area (TPSA) is 125 Å².